The van der Waals surface area contributed by atoms with Crippen molar-refractivity contribution >= 4 is 28.9 Å². The molecule has 2 aromatic rings. The number of benzene rings is 1. The first-order valence-electron chi connectivity index (χ1n) is 8.50. The van der Waals surface area contributed by atoms with E-state index in [1.807, 2.05) is 18.2 Å². The maximum absolute atomic E-state index is 12.2. The summed E-state index contributed by atoms with van der Waals surface area (Å²) in [6, 6.07) is 4.42. The third-order valence-corrected chi connectivity index (χ3v) is 4.25. The average molecular weight is 358 g/mol. The number of amides is 4. The predicted molar refractivity (Wildman–Crippen MR) is 94.3 cm³/mol. The van der Waals surface area contributed by atoms with Gasteiger partial charge in [-0.15, -0.1) is 0 Å². The van der Waals surface area contributed by atoms with Crippen LogP contribution in [-0.2, 0) is 21.5 Å². The molecule has 2 heterocycles. The van der Waals surface area contributed by atoms with Gasteiger partial charge in [0.05, 0.1) is 6.54 Å². The van der Waals surface area contributed by atoms with E-state index in [0.717, 1.165) is 11.1 Å². The molecule has 1 atom stereocenters. The van der Waals surface area contributed by atoms with Crippen LogP contribution in [0.1, 0.15) is 45.1 Å². The number of oxazole rings is 1. The molecule has 138 valence electrons. The first-order chi connectivity index (χ1) is 12.2. The van der Waals surface area contributed by atoms with Crippen molar-refractivity contribution in [1.82, 2.24) is 20.9 Å². The van der Waals surface area contributed by atoms with E-state index in [0.29, 0.717) is 11.5 Å². The second-order valence-corrected chi connectivity index (χ2v) is 7.37. The third-order valence-electron chi connectivity index (χ3n) is 4.25. The Kier molecular flexibility index (Phi) is 4.67. The number of hydrogen-bond donors (Lipinski definition) is 3. The standard InChI is InChI=1S/C18H22N4O4/c1-18(2,3)10-4-6-13-12(8-10)20-15(26-13)9-19-16(24)11-5-7-14(23)22-17(25)21-11/h4,6,8,11H,5,7,9H2,1-3H3,(H,19,24)(H2,21,22,23,25)/t11-/m0/s1. The van der Waals surface area contributed by atoms with Crippen molar-refractivity contribution < 1.29 is 18.8 Å². The Balaban J connectivity index is 1.66. The number of imide groups is 1. The maximum atomic E-state index is 12.2. The zero-order chi connectivity index (χ0) is 18.9. The van der Waals surface area contributed by atoms with Gasteiger partial charge in [-0.3, -0.25) is 14.9 Å². The van der Waals surface area contributed by atoms with Crippen LogP contribution in [-0.4, -0.2) is 28.9 Å². The van der Waals surface area contributed by atoms with Gasteiger partial charge in [-0.05, 0) is 29.5 Å². The van der Waals surface area contributed by atoms with Crippen molar-refractivity contribution in [2.75, 3.05) is 0 Å². The zero-order valence-electron chi connectivity index (χ0n) is 15.0. The fourth-order valence-electron chi connectivity index (χ4n) is 2.73. The van der Waals surface area contributed by atoms with Crippen LogP contribution in [0.2, 0.25) is 0 Å². The van der Waals surface area contributed by atoms with Gasteiger partial charge < -0.3 is 15.1 Å². The van der Waals surface area contributed by atoms with E-state index in [-0.39, 0.29) is 30.7 Å². The first-order valence-corrected chi connectivity index (χ1v) is 8.50. The predicted octanol–water partition coefficient (Wildman–Crippen LogP) is 1.73. The van der Waals surface area contributed by atoms with Crippen LogP contribution in [0.4, 0.5) is 4.79 Å². The van der Waals surface area contributed by atoms with Crippen molar-refractivity contribution in [2.45, 2.75) is 51.6 Å². The highest BCUT2D eigenvalue weighted by Crippen LogP contribution is 2.26. The molecule has 3 rings (SSSR count). The molecular weight excluding hydrogens is 336 g/mol. The van der Waals surface area contributed by atoms with Crippen molar-refractivity contribution in [2.24, 2.45) is 0 Å². The Bertz CT molecular complexity index is 866. The molecule has 1 aromatic heterocycles. The first kappa shape index (κ1) is 17.9. The van der Waals surface area contributed by atoms with Gasteiger partial charge in [-0.1, -0.05) is 26.8 Å². The highest BCUT2D eigenvalue weighted by molar-refractivity contribution is 5.98. The second kappa shape index (κ2) is 6.78. The van der Waals surface area contributed by atoms with E-state index in [2.05, 4.69) is 41.7 Å². The third kappa shape index (κ3) is 4.01. The van der Waals surface area contributed by atoms with Crippen LogP contribution < -0.4 is 16.0 Å². The van der Waals surface area contributed by atoms with E-state index in [9.17, 15) is 14.4 Å². The highest BCUT2D eigenvalue weighted by atomic mass is 16.3. The number of hydrogen-bond acceptors (Lipinski definition) is 5. The Morgan fingerprint density at radius 3 is 2.85 bits per heavy atom. The molecule has 0 aliphatic carbocycles. The molecule has 4 amide bonds. The summed E-state index contributed by atoms with van der Waals surface area (Å²) in [5.41, 5.74) is 2.54. The number of nitrogens with zero attached hydrogens (tertiary/aromatic N) is 1. The average Bonchev–Trinajstić information content (AvgIpc) is 2.89. The maximum Gasteiger partial charge on any atom is 0.322 e. The molecule has 1 aliphatic rings. The second-order valence-electron chi connectivity index (χ2n) is 7.37. The van der Waals surface area contributed by atoms with Crippen LogP contribution in [0.15, 0.2) is 22.6 Å². The molecule has 1 aromatic carbocycles. The van der Waals surface area contributed by atoms with Gasteiger partial charge in [-0.25, -0.2) is 9.78 Å². The van der Waals surface area contributed by atoms with E-state index in [1.54, 1.807) is 0 Å². The Hall–Kier alpha value is -2.90. The van der Waals surface area contributed by atoms with Crippen molar-refractivity contribution in [3.05, 3.63) is 29.7 Å². The van der Waals surface area contributed by atoms with Gasteiger partial charge in [-0.2, -0.15) is 0 Å². The Morgan fingerprint density at radius 2 is 2.12 bits per heavy atom. The summed E-state index contributed by atoms with van der Waals surface area (Å²) >= 11 is 0. The smallest absolute Gasteiger partial charge is 0.322 e. The zero-order valence-corrected chi connectivity index (χ0v) is 15.0. The number of rotatable bonds is 3. The molecule has 8 nitrogen and oxygen atoms in total. The Morgan fingerprint density at radius 1 is 1.35 bits per heavy atom. The normalized spacial score (nSPS) is 18.2. The van der Waals surface area contributed by atoms with E-state index in [1.165, 1.54) is 0 Å². The van der Waals surface area contributed by atoms with Gasteiger partial charge in [0.25, 0.3) is 0 Å². The molecule has 0 saturated carbocycles. The molecule has 1 fully saturated rings. The van der Waals surface area contributed by atoms with Crippen molar-refractivity contribution in [3.63, 3.8) is 0 Å². The minimum atomic E-state index is -0.765. The fourth-order valence-corrected chi connectivity index (χ4v) is 2.73. The van der Waals surface area contributed by atoms with Crippen LogP contribution in [0.3, 0.4) is 0 Å². The summed E-state index contributed by atoms with van der Waals surface area (Å²) in [5.74, 6) is -0.396. The summed E-state index contributed by atoms with van der Waals surface area (Å²) in [4.78, 5) is 39.4. The molecule has 8 heteroatoms. The molecule has 26 heavy (non-hydrogen) atoms. The molecule has 0 bridgehead atoms. The largest absolute Gasteiger partial charge is 0.439 e. The van der Waals surface area contributed by atoms with Gasteiger partial charge in [0.2, 0.25) is 17.7 Å². The lowest BCUT2D eigenvalue weighted by Crippen LogP contribution is -2.48. The number of nitrogens with one attached hydrogen (secondary N) is 3. The number of urea groups is 1. The lowest BCUT2D eigenvalue weighted by Gasteiger charge is -2.18. The number of carbonyl (C=O) groups excluding carboxylic acids is 3. The number of carbonyl (C=O) groups is 3. The van der Waals surface area contributed by atoms with E-state index < -0.39 is 18.0 Å². The van der Waals surface area contributed by atoms with Crippen LogP contribution in [0.25, 0.3) is 11.1 Å². The fraction of sp³-hybridized carbons (Fsp3) is 0.444. The van der Waals surface area contributed by atoms with Crippen LogP contribution >= 0.6 is 0 Å². The summed E-state index contributed by atoms with van der Waals surface area (Å²) < 4.78 is 5.66. The lowest BCUT2D eigenvalue weighted by atomic mass is 9.87. The molecule has 0 radical (unpaired) electrons. The molecule has 1 aliphatic heterocycles. The molecule has 3 N–H and O–H groups in total. The minimum absolute atomic E-state index is 0.00465. The van der Waals surface area contributed by atoms with Crippen molar-refractivity contribution in [3.8, 4) is 0 Å². The number of fused-ring (bicyclic) bond motifs is 1. The minimum Gasteiger partial charge on any atom is -0.439 e. The lowest BCUT2D eigenvalue weighted by molar-refractivity contribution is -0.123. The van der Waals surface area contributed by atoms with Crippen LogP contribution in [0, 0.1) is 0 Å². The summed E-state index contributed by atoms with van der Waals surface area (Å²) in [6.45, 7) is 6.47. The van der Waals surface area contributed by atoms with Gasteiger partial charge in [0, 0.05) is 6.42 Å². The molecule has 0 spiro atoms. The van der Waals surface area contributed by atoms with Crippen molar-refractivity contribution in [1.29, 1.82) is 0 Å². The summed E-state index contributed by atoms with van der Waals surface area (Å²) in [7, 11) is 0. The monoisotopic (exact) mass is 358 g/mol. The SMILES string of the molecule is CC(C)(C)c1ccc2oc(CNC(=O)[C@@H]3CCC(=O)NC(=O)N3)nc2c1. The van der Waals surface area contributed by atoms with Gasteiger partial charge in [0.1, 0.15) is 11.6 Å². The van der Waals surface area contributed by atoms with Gasteiger partial charge >= 0.3 is 6.03 Å². The topological polar surface area (TPSA) is 113 Å². The molecule has 0 unspecified atom stereocenters. The highest BCUT2D eigenvalue weighted by Gasteiger charge is 2.26. The Labute approximate surface area is 150 Å². The van der Waals surface area contributed by atoms with E-state index in [4.69, 9.17) is 4.42 Å². The van der Waals surface area contributed by atoms with Gasteiger partial charge in [0.15, 0.2) is 5.58 Å². The summed E-state index contributed by atoms with van der Waals surface area (Å²) in [6.07, 6.45) is 0.348. The summed E-state index contributed by atoms with van der Waals surface area (Å²) in [5, 5.41) is 7.29. The van der Waals surface area contributed by atoms with Crippen LogP contribution in [0.5, 0.6) is 0 Å². The molecule has 1 saturated heterocycles. The quantitative estimate of drug-likeness (QED) is 0.773. The molecular formula is C18H22N4O4. The number of aromatic nitrogens is 1. The van der Waals surface area contributed by atoms with E-state index >= 15 is 0 Å².